The molecule has 11 heteroatoms. The number of allylic oxidation sites excluding steroid dienone is 1. The number of hydrogen-bond acceptors (Lipinski definition) is 7. The summed E-state index contributed by atoms with van der Waals surface area (Å²) < 4.78 is 13.2. The molecule has 4 aliphatic rings. The SMILES string of the molecule is CC[C@@H](CO)N1C(=O)[C@@H]2[C@H]3C(=O)O[C@@H](c4ccccc4)CNC(=O)CC/C=C\CN(Cc4ccccc4)C(=O)[C@@H]1[C@]21C=C(Br)[C@H]3O1. The van der Waals surface area contributed by atoms with Crippen LogP contribution in [-0.2, 0) is 35.2 Å². The van der Waals surface area contributed by atoms with E-state index < -0.39 is 53.6 Å². The largest absolute Gasteiger partial charge is 0.455 e. The number of hydrogen-bond donors (Lipinski definition) is 2. The van der Waals surface area contributed by atoms with Crippen molar-refractivity contribution in [3.05, 3.63) is 94.5 Å². The van der Waals surface area contributed by atoms with Crippen molar-refractivity contribution in [1.29, 1.82) is 0 Å². The summed E-state index contributed by atoms with van der Waals surface area (Å²) in [6.45, 7) is 2.03. The summed E-state index contributed by atoms with van der Waals surface area (Å²) in [7, 11) is 0. The second-order valence-corrected chi connectivity index (χ2v) is 13.1. The number of likely N-dealkylation sites (tertiary alicyclic amines) is 1. The van der Waals surface area contributed by atoms with Crippen LogP contribution in [0.5, 0.6) is 0 Å². The molecule has 3 amide bonds. The van der Waals surface area contributed by atoms with Gasteiger partial charge in [0.05, 0.1) is 25.1 Å². The number of carbonyl (C=O) groups excluding carboxylic acids is 4. The van der Waals surface area contributed by atoms with Crippen molar-refractivity contribution in [2.45, 2.75) is 62.6 Å². The second-order valence-electron chi connectivity index (χ2n) is 12.2. The number of halogens is 1. The molecule has 0 aromatic heterocycles. The predicted molar refractivity (Wildman–Crippen MR) is 172 cm³/mol. The van der Waals surface area contributed by atoms with Gasteiger partial charge < -0.3 is 29.7 Å². The van der Waals surface area contributed by atoms with Crippen LogP contribution in [0.2, 0.25) is 0 Å². The molecule has 4 aliphatic heterocycles. The van der Waals surface area contributed by atoms with Crippen LogP contribution in [0.25, 0.3) is 0 Å². The maximum Gasteiger partial charge on any atom is 0.313 e. The lowest BCUT2D eigenvalue weighted by Crippen LogP contribution is -2.58. The molecule has 2 aromatic rings. The van der Waals surface area contributed by atoms with Gasteiger partial charge in [0, 0.05) is 24.0 Å². The highest BCUT2D eigenvalue weighted by molar-refractivity contribution is 9.11. The number of benzene rings is 2. The van der Waals surface area contributed by atoms with Gasteiger partial charge in [-0.15, -0.1) is 0 Å². The van der Waals surface area contributed by atoms with Crippen LogP contribution in [0.4, 0.5) is 0 Å². The van der Waals surface area contributed by atoms with Crippen LogP contribution in [0.3, 0.4) is 0 Å². The normalized spacial score (nSPS) is 31.3. The van der Waals surface area contributed by atoms with Crippen molar-refractivity contribution in [3.63, 3.8) is 0 Å². The van der Waals surface area contributed by atoms with E-state index in [0.717, 1.165) is 5.56 Å². The molecule has 0 unspecified atom stereocenters. The monoisotopic (exact) mass is 691 g/mol. The fraction of sp³-hybridized carbons (Fsp3) is 0.429. The summed E-state index contributed by atoms with van der Waals surface area (Å²) >= 11 is 3.58. The van der Waals surface area contributed by atoms with Gasteiger partial charge in [0.1, 0.15) is 29.8 Å². The first-order valence-corrected chi connectivity index (χ1v) is 16.6. The van der Waals surface area contributed by atoms with E-state index in [2.05, 4.69) is 21.2 Å². The van der Waals surface area contributed by atoms with Gasteiger partial charge in [-0.1, -0.05) is 95.7 Å². The van der Waals surface area contributed by atoms with E-state index in [1.807, 2.05) is 79.7 Å². The van der Waals surface area contributed by atoms with E-state index in [0.29, 0.717) is 22.9 Å². The zero-order chi connectivity index (χ0) is 32.4. The van der Waals surface area contributed by atoms with Gasteiger partial charge in [-0.2, -0.15) is 0 Å². The molecule has 2 fully saturated rings. The van der Waals surface area contributed by atoms with Crippen LogP contribution < -0.4 is 5.32 Å². The van der Waals surface area contributed by atoms with Gasteiger partial charge >= 0.3 is 5.97 Å². The van der Waals surface area contributed by atoms with E-state index >= 15 is 0 Å². The Hall–Kier alpha value is -3.80. The summed E-state index contributed by atoms with van der Waals surface area (Å²) in [6, 6.07) is 16.9. The first-order valence-electron chi connectivity index (χ1n) is 15.8. The van der Waals surface area contributed by atoms with E-state index in [1.165, 1.54) is 4.90 Å². The quantitative estimate of drug-likeness (QED) is 0.351. The van der Waals surface area contributed by atoms with Gasteiger partial charge in [0.2, 0.25) is 17.7 Å². The van der Waals surface area contributed by atoms with Crippen LogP contribution in [-0.4, -0.2) is 82.1 Å². The van der Waals surface area contributed by atoms with Crippen molar-refractivity contribution in [2.24, 2.45) is 11.8 Å². The topological polar surface area (TPSA) is 125 Å². The summed E-state index contributed by atoms with van der Waals surface area (Å²) in [4.78, 5) is 59.3. The Morgan fingerprint density at radius 3 is 2.43 bits per heavy atom. The summed E-state index contributed by atoms with van der Waals surface area (Å²) in [5, 5.41) is 13.3. The van der Waals surface area contributed by atoms with Crippen molar-refractivity contribution >= 4 is 39.6 Å². The molecular formula is C35H38BrN3O7. The third-order valence-corrected chi connectivity index (χ3v) is 10.1. The van der Waals surface area contributed by atoms with E-state index in [-0.39, 0.29) is 44.5 Å². The lowest BCUT2D eigenvalue weighted by Gasteiger charge is -2.38. The molecule has 242 valence electrons. The summed E-state index contributed by atoms with van der Waals surface area (Å²) in [6.07, 6.45) is 4.90. The number of ether oxygens (including phenoxy) is 2. The lowest BCUT2D eigenvalue weighted by molar-refractivity contribution is -0.160. The van der Waals surface area contributed by atoms with Crippen LogP contribution in [0, 0.1) is 11.8 Å². The zero-order valence-electron chi connectivity index (χ0n) is 25.6. The molecule has 10 nitrogen and oxygen atoms in total. The van der Waals surface area contributed by atoms with Gasteiger partial charge in [-0.25, -0.2) is 0 Å². The highest BCUT2D eigenvalue weighted by Crippen LogP contribution is 2.59. The minimum Gasteiger partial charge on any atom is -0.455 e. The minimum atomic E-state index is -1.45. The smallest absolute Gasteiger partial charge is 0.313 e. The number of nitrogens with one attached hydrogen (secondary N) is 1. The number of aliphatic hydroxyl groups is 1. The average Bonchev–Trinajstić information content (AvgIpc) is 3.66. The molecule has 6 rings (SSSR count). The number of aliphatic hydroxyl groups excluding tert-OH is 1. The molecule has 2 N–H and O–H groups in total. The zero-order valence-corrected chi connectivity index (χ0v) is 27.2. The number of nitrogens with zero attached hydrogens (tertiary/aromatic N) is 2. The number of fused-ring (bicyclic) bond motifs is 2. The standard InChI is InChI=1S/C35H38BrN3O7/c1-2-24(21-40)39-31-33(43)38(20-22-12-6-3-7-13-22)17-11-5-10-16-27(41)37-19-26(23-14-8-4-9-15-23)45-34(44)28-29(32(39)42)35(31)18-25(36)30(28)46-35/h3-9,11-15,18,24,26,28-31,40H,2,10,16-17,19-21H2,1H3,(H,37,41)/b11-5-/t24-,26+,28+,29-,30+,31+,35-/m0/s1. The Labute approximate surface area is 276 Å². The Bertz CT molecular complexity index is 1530. The summed E-state index contributed by atoms with van der Waals surface area (Å²) in [5.74, 6) is -3.74. The van der Waals surface area contributed by atoms with Gasteiger partial charge in [0.25, 0.3) is 0 Å². The molecule has 4 heterocycles. The molecule has 7 atom stereocenters. The molecule has 2 saturated heterocycles. The van der Waals surface area contributed by atoms with Crippen LogP contribution in [0.15, 0.2) is 83.4 Å². The molecule has 0 aliphatic carbocycles. The van der Waals surface area contributed by atoms with E-state index in [4.69, 9.17) is 9.47 Å². The Morgan fingerprint density at radius 2 is 1.74 bits per heavy atom. The molecule has 1 spiro atoms. The number of amides is 3. The van der Waals surface area contributed by atoms with Gasteiger partial charge in [-0.05, 0) is 30.0 Å². The van der Waals surface area contributed by atoms with Gasteiger partial charge in [-0.3, -0.25) is 19.2 Å². The highest BCUT2D eigenvalue weighted by Gasteiger charge is 2.75. The highest BCUT2D eigenvalue weighted by atomic mass is 79.9. The first kappa shape index (κ1) is 32.2. The van der Waals surface area contributed by atoms with E-state index in [1.54, 1.807) is 11.0 Å². The third-order valence-electron chi connectivity index (χ3n) is 9.42. The number of rotatable bonds is 6. The Balaban J connectivity index is 1.45. The number of carbonyl (C=O) groups is 4. The molecular weight excluding hydrogens is 654 g/mol. The maximum absolute atomic E-state index is 14.8. The predicted octanol–water partition coefficient (Wildman–Crippen LogP) is 3.41. The lowest BCUT2D eigenvalue weighted by atomic mass is 9.74. The summed E-state index contributed by atoms with van der Waals surface area (Å²) in [5.41, 5.74) is 0.139. The number of esters is 1. The minimum absolute atomic E-state index is 0.0534. The fourth-order valence-electron chi connectivity index (χ4n) is 7.16. The second kappa shape index (κ2) is 13.5. The third kappa shape index (κ3) is 5.80. The molecule has 5 bridgehead atoms. The first-order chi connectivity index (χ1) is 22.3. The van der Waals surface area contributed by atoms with Gasteiger partial charge in [0.15, 0.2) is 0 Å². The van der Waals surface area contributed by atoms with E-state index in [9.17, 15) is 24.3 Å². The van der Waals surface area contributed by atoms with Crippen LogP contribution in [0.1, 0.15) is 43.4 Å². The van der Waals surface area contributed by atoms with Crippen molar-refractivity contribution < 1.29 is 33.8 Å². The molecule has 46 heavy (non-hydrogen) atoms. The average molecular weight is 693 g/mol. The van der Waals surface area contributed by atoms with Crippen molar-refractivity contribution in [2.75, 3.05) is 19.7 Å². The van der Waals surface area contributed by atoms with Crippen molar-refractivity contribution in [3.8, 4) is 0 Å². The molecule has 2 aromatic carbocycles. The van der Waals surface area contributed by atoms with Crippen molar-refractivity contribution in [1.82, 2.24) is 15.1 Å². The number of cyclic esters (lactones) is 1. The Kier molecular flexibility index (Phi) is 9.44. The maximum atomic E-state index is 14.8. The Morgan fingerprint density at radius 1 is 1.02 bits per heavy atom. The molecule has 0 radical (unpaired) electrons. The van der Waals surface area contributed by atoms with Crippen LogP contribution >= 0.6 is 15.9 Å². The molecule has 0 saturated carbocycles. The fourth-order valence-corrected chi connectivity index (χ4v) is 7.90.